The van der Waals surface area contributed by atoms with Gasteiger partial charge in [0.05, 0.1) is 20.3 Å². The first kappa shape index (κ1) is 15.3. The first-order valence-electron chi connectivity index (χ1n) is 6.07. The Labute approximate surface area is 113 Å². The smallest absolute Gasteiger partial charge is 0.333 e. The van der Waals surface area contributed by atoms with Crippen LogP contribution in [0.25, 0.3) is 0 Å². The summed E-state index contributed by atoms with van der Waals surface area (Å²) in [5, 5.41) is 9.18. The minimum absolute atomic E-state index is 0.155. The van der Waals surface area contributed by atoms with E-state index in [1.54, 1.807) is 46.3 Å². The summed E-state index contributed by atoms with van der Waals surface area (Å²) in [5.74, 6) is 0.294. The summed E-state index contributed by atoms with van der Waals surface area (Å²) in [6.07, 6.45) is -0.827. The Morgan fingerprint density at radius 1 is 1.26 bits per heavy atom. The minimum atomic E-state index is -0.987. The summed E-state index contributed by atoms with van der Waals surface area (Å²) in [4.78, 5) is 11.2. The summed E-state index contributed by atoms with van der Waals surface area (Å²) < 4.78 is 15.8. The number of carboxylic acid groups (broad SMARTS) is 1. The molecule has 0 fully saturated rings. The van der Waals surface area contributed by atoms with Crippen LogP contribution in [0, 0.1) is 0 Å². The largest absolute Gasteiger partial charge is 0.497 e. The molecule has 0 unspecified atom stereocenters. The molecule has 0 radical (unpaired) electrons. The Kier molecular flexibility index (Phi) is 5.63. The van der Waals surface area contributed by atoms with Crippen molar-refractivity contribution >= 4 is 5.97 Å². The van der Waals surface area contributed by atoms with E-state index >= 15 is 0 Å². The van der Waals surface area contributed by atoms with Gasteiger partial charge in [0.25, 0.3) is 0 Å². The van der Waals surface area contributed by atoms with Gasteiger partial charge in [-0.05, 0) is 32.0 Å². The number of ether oxygens (including phenoxy) is 3. The molecule has 0 aromatic heterocycles. The van der Waals surface area contributed by atoms with E-state index < -0.39 is 12.1 Å². The van der Waals surface area contributed by atoms with Crippen molar-refractivity contribution in [2.24, 2.45) is 0 Å². The molecule has 1 atom stereocenters. The Morgan fingerprint density at radius 2 is 1.95 bits per heavy atom. The first-order chi connectivity index (χ1) is 8.97. The monoisotopic (exact) mass is 268 g/mol. The molecule has 5 nitrogen and oxygen atoms in total. The van der Waals surface area contributed by atoms with E-state index in [4.69, 9.17) is 14.2 Å². The fourth-order valence-corrected chi connectivity index (χ4v) is 1.76. The predicted molar refractivity (Wildman–Crippen MR) is 70.9 cm³/mol. The lowest BCUT2D eigenvalue weighted by molar-refractivity contribution is -0.153. The van der Waals surface area contributed by atoms with E-state index in [1.165, 1.54) is 0 Å². The van der Waals surface area contributed by atoms with Crippen LogP contribution in [0.3, 0.4) is 0 Å². The standard InChI is InChI=1S/C14H20O5/c1-9(2)19-13(14(15)16)8-10-7-11(17-3)5-6-12(10)18-4/h5-7,9,13H,8H2,1-4H3,(H,15,16)/t13-/m1/s1. The van der Waals surface area contributed by atoms with Crippen LogP contribution in [-0.4, -0.2) is 37.5 Å². The van der Waals surface area contributed by atoms with Crippen LogP contribution in [-0.2, 0) is 16.0 Å². The lowest BCUT2D eigenvalue weighted by Gasteiger charge is -2.18. The van der Waals surface area contributed by atoms with E-state index in [0.717, 1.165) is 5.56 Å². The Morgan fingerprint density at radius 3 is 2.42 bits per heavy atom. The van der Waals surface area contributed by atoms with Gasteiger partial charge in [0.15, 0.2) is 6.10 Å². The minimum Gasteiger partial charge on any atom is -0.497 e. The second kappa shape index (κ2) is 6.99. The number of hydrogen-bond donors (Lipinski definition) is 1. The number of rotatable bonds is 7. The molecule has 106 valence electrons. The van der Waals surface area contributed by atoms with E-state index in [9.17, 15) is 9.90 Å². The average molecular weight is 268 g/mol. The molecule has 19 heavy (non-hydrogen) atoms. The van der Waals surface area contributed by atoms with E-state index in [0.29, 0.717) is 11.5 Å². The quantitative estimate of drug-likeness (QED) is 0.820. The van der Waals surface area contributed by atoms with Crippen LogP contribution in [0.5, 0.6) is 11.5 Å². The molecule has 0 amide bonds. The van der Waals surface area contributed by atoms with Crippen LogP contribution >= 0.6 is 0 Å². The van der Waals surface area contributed by atoms with Crippen LogP contribution in [0.2, 0.25) is 0 Å². The Bertz CT molecular complexity index is 428. The maximum Gasteiger partial charge on any atom is 0.333 e. The number of aliphatic carboxylic acids is 1. The molecule has 0 saturated heterocycles. The molecule has 0 aliphatic rings. The zero-order valence-corrected chi connectivity index (χ0v) is 11.7. The molecule has 0 saturated carbocycles. The third-order valence-corrected chi connectivity index (χ3v) is 2.60. The normalized spacial score (nSPS) is 12.3. The van der Waals surface area contributed by atoms with E-state index in [1.807, 2.05) is 0 Å². The molecule has 0 bridgehead atoms. The summed E-state index contributed by atoms with van der Waals surface area (Å²) in [7, 11) is 3.11. The summed E-state index contributed by atoms with van der Waals surface area (Å²) >= 11 is 0. The third-order valence-electron chi connectivity index (χ3n) is 2.60. The second-order valence-electron chi connectivity index (χ2n) is 4.39. The van der Waals surface area contributed by atoms with Crippen molar-refractivity contribution in [3.05, 3.63) is 23.8 Å². The molecule has 1 aromatic rings. The molecule has 5 heteroatoms. The Hall–Kier alpha value is -1.75. The number of methoxy groups -OCH3 is 2. The van der Waals surface area contributed by atoms with Gasteiger partial charge in [0, 0.05) is 12.0 Å². The van der Waals surface area contributed by atoms with Gasteiger partial charge in [-0.2, -0.15) is 0 Å². The molecule has 1 aromatic carbocycles. The maximum atomic E-state index is 11.2. The summed E-state index contributed by atoms with van der Waals surface area (Å²) in [5.41, 5.74) is 0.745. The topological polar surface area (TPSA) is 65.0 Å². The molecule has 0 aliphatic carbocycles. The predicted octanol–water partition coefficient (Wildman–Crippen LogP) is 2.12. The number of hydrogen-bond acceptors (Lipinski definition) is 4. The van der Waals surface area contributed by atoms with Crippen molar-refractivity contribution in [1.82, 2.24) is 0 Å². The lowest BCUT2D eigenvalue weighted by atomic mass is 10.1. The van der Waals surface area contributed by atoms with Gasteiger partial charge in [-0.3, -0.25) is 0 Å². The van der Waals surface area contributed by atoms with Crippen molar-refractivity contribution in [3.63, 3.8) is 0 Å². The molecule has 0 heterocycles. The van der Waals surface area contributed by atoms with Gasteiger partial charge in [-0.15, -0.1) is 0 Å². The van der Waals surface area contributed by atoms with Crippen molar-refractivity contribution in [2.45, 2.75) is 32.5 Å². The van der Waals surface area contributed by atoms with Crippen molar-refractivity contribution in [2.75, 3.05) is 14.2 Å². The van der Waals surface area contributed by atoms with Gasteiger partial charge < -0.3 is 19.3 Å². The van der Waals surface area contributed by atoms with Crippen LogP contribution in [0.15, 0.2) is 18.2 Å². The highest BCUT2D eigenvalue weighted by Crippen LogP contribution is 2.26. The second-order valence-corrected chi connectivity index (χ2v) is 4.39. The average Bonchev–Trinajstić information content (AvgIpc) is 2.37. The zero-order valence-electron chi connectivity index (χ0n) is 11.7. The van der Waals surface area contributed by atoms with Gasteiger partial charge >= 0.3 is 5.97 Å². The number of carbonyl (C=O) groups is 1. The van der Waals surface area contributed by atoms with Crippen LogP contribution < -0.4 is 9.47 Å². The third kappa shape index (κ3) is 4.44. The fourth-order valence-electron chi connectivity index (χ4n) is 1.76. The highest BCUT2D eigenvalue weighted by atomic mass is 16.5. The molecule has 0 aliphatic heterocycles. The van der Waals surface area contributed by atoms with E-state index in [2.05, 4.69) is 0 Å². The SMILES string of the molecule is COc1ccc(OC)c(C[C@@H](OC(C)C)C(=O)O)c1. The van der Waals surface area contributed by atoms with Crippen molar-refractivity contribution < 1.29 is 24.1 Å². The summed E-state index contributed by atoms with van der Waals surface area (Å²) in [6, 6.07) is 5.28. The molecular weight excluding hydrogens is 248 g/mol. The van der Waals surface area contributed by atoms with Crippen LogP contribution in [0.1, 0.15) is 19.4 Å². The zero-order chi connectivity index (χ0) is 14.4. The highest BCUT2D eigenvalue weighted by Gasteiger charge is 2.22. The highest BCUT2D eigenvalue weighted by molar-refractivity contribution is 5.73. The fraction of sp³-hybridized carbons (Fsp3) is 0.500. The lowest BCUT2D eigenvalue weighted by Crippen LogP contribution is -2.29. The van der Waals surface area contributed by atoms with Crippen LogP contribution in [0.4, 0.5) is 0 Å². The van der Waals surface area contributed by atoms with Crippen molar-refractivity contribution in [1.29, 1.82) is 0 Å². The number of benzene rings is 1. The van der Waals surface area contributed by atoms with E-state index in [-0.39, 0.29) is 12.5 Å². The first-order valence-corrected chi connectivity index (χ1v) is 6.07. The van der Waals surface area contributed by atoms with Gasteiger partial charge in [-0.1, -0.05) is 0 Å². The Balaban J connectivity index is 2.96. The molecule has 1 rings (SSSR count). The number of carboxylic acids is 1. The molecule has 0 spiro atoms. The van der Waals surface area contributed by atoms with Crippen molar-refractivity contribution in [3.8, 4) is 11.5 Å². The van der Waals surface area contributed by atoms with Gasteiger partial charge in [-0.25, -0.2) is 4.79 Å². The maximum absolute atomic E-state index is 11.2. The van der Waals surface area contributed by atoms with Gasteiger partial charge in [0.1, 0.15) is 11.5 Å². The molecular formula is C14H20O5. The molecule has 1 N–H and O–H groups in total. The van der Waals surface area contributed by atoms with Gasteiger partial charge in [0.2, 0.25) is 0 Å². The summed E-state index contributed by atoms with van der Waals surface area (Å²) in [6.45, 7) is 3.61.